The minimum absolute atomic E-state index is 0.0372. The standard InChI is InChI=1S/C33H28FN3O2/c1-21-15-30-24(18-35-37(30)26-13-11-25(34)12-14-26)17-28(21)33-20-36(32(38)23-9-6-10-27(16-23)39-2)19-29(33)31(33)22-7-4-3-5-8-22/h3-18,29,31H,19-20H2,1-2H3. The molecule has 0 N–H and O–H groups in total. The number of aromatic nitrogens is 2. The van der Waals surface area contributed by atoms with Gasteiger partial charge in [-0.15, -0.1) is 0 Å². The van der Waals surface area contributed by atoms with Crippen molar-refractivity contribution in [3.8, 4) is 11.4 Å². The van der Waals surface area contributed by atoms with Gasteiger partial charge in [0.25, 0.3) is 5.91 Å². The Labute approximate surface area is 226 Å². The molecule has 1 aliphatic carbocycles. The summed E-state index contributed by atoms with van der Waals surface area (Å²) < 4.78 is 20.7. The number of hydrogen-bond acceptors (Lipinski definition) is 3. The van der Waals surface area contributed by atoms with Crippen molar-refractivity contribution >= 4 is 16.8 Å². The molecule has 1 aliphatic heterocycles. The average molecular weight is 518 g/mol. The monoisotopic (exact) mass is 517 g/mol. The minimum atomic E-state index is -0.270. The van der Waals surface area contributed by atoms with Crippen LogP contribution in [-0.4, -0.2) is 40.8 Å². The molecule has 1 saturated heterocycles. The molecule has 1 aromatic heterocycles. The van der Waals surface area contributed by atoms with E-state index < -0.39 is 0 Å². The molecule has 3 unspecified atom stereocenters. The Bertz CT molecular complexity index is 1710. The number of benzene rings is 4. The van der Waals surface area contributed by atoms with Crippen molar-refractivity contribution in [1.82, 2.24) is 14.7 Å². The van der Waals surface area contributed by atoms with Crippen LogP contribution in [0.4, 0.5) is 4.39 Å². The number of likely N-dealkylation sites (tertiary alicyclic amines) is 1. The first-order chi connectivity index (χ1) is 19.0. The van der Waals surface area contributed by atoms with Crippen molar-refractivity contribution < 1.29 is 13.9 Å². The summed E-state index contributed by atoms with van der Waals surface area (Å²) in [7, 11) is 1.62. The molecule has 0 radical (unpaired) electrons. The van der Waals surface area contributed by atoms with Crippen LogP contribution < -0.4 is 4.74 Å². The van der Waals surface area contributed by atoms with Gasteiger partial charge in [0.05, 0.1) is 24.5 Å². The molecule has 2 fully saturated rings. The van der Waals surface area contributed by atoms with E-state index in [4.69, 9.17) is 4.74 Å². The molecule has 194 valence electrons. The van der Waals surface area contributed by atoms with Crippen molar-refractivity contribution in [2.24, 2.45) is 5.92 Å². The maximum atomic E-state index is 13.6. The van der Waals surface area contributed by atoms with E-state index in [0.717, 1.165) is 16.6 Å². The highest BCUT2D eigenvalue weighted by Gasteiger charge is 2.70. The normalized spacial score (nSPS) is 21.7. The number of halogens is 1. The second-order valence-corrected chi connectivity index (χ2v) is 10.7. The lowest BCUT2D eigenvalue weighted by Crippen LogP contribution is -2.34. The highest BCUT2D eigenvalue weighted by atomic mass is 19.1. The molecule has 0 spiro atoms. The van der Waals surface area contributed by atoms with Crippen molar-refractivity contribution in [1.29, 1.82) is 0 Å². The molecule has 5 aromatic rings. The van der Waals surface area contributed by atoms with E-state index in [0.29, 0.717) is 36.2 Å². The molecule has 39 heavy (non-hydrogen) atoms. The predicted octanol–water partition coefficient (Wildman–Crippen LogP) is 6.29. The number of piperidine rings is 1. The molecule has 1 saturated carbocycles. The van der Waals surface area contributed by atoms with Crippen LogP contribution >= 0.6 is 0 Å². The number of rotatable bonds is 5. The van der Waals surface area contributed by atoms with Crippen LogP contribution in [0.2, 0.25) is 0 Å². The van der Waals surface area contributed by atoms with Gasteiger partial charge in [0, 0.05) is 35.4 Å². The second-order valence-electron chi connectivity index (χ2n) is 10.7. The Balaban J connectivity index is 1.29. The second kappa shape index (κ2) is 8.80. The first kappa shape index (κ1) is 23.7. The van der Waals surface area contributed by atoms with Gasteiger partial charge in [-0.25, -0.2) is 9.07 Å². The molecular weight excluding hydrogens is 489 g/mol. The van der Waals surface area contributed by atoms with Crippen LogP contribution in [0, 0.1) is 18.7 Å². The summed E-state index contributed by atoms with van der Waals surface area (Å²) in [5.41, 5.74) is 6.05. The topological polar surface area (TPSA) is 47.4 Å². The molecule has 6 heteroatoms. The zero-order valence-corrected chi connectivity index (χ0v) is 21.8. The Morgan fingerprint density at radius 2 is 1.79 bits per heavy atom. The van der Waals surface area contributed by atoms with E-state index in [-0.39, 0.29) is 17.1 Å². The number of carbonyl (C=O) groups excluding carboxylic acids is 1. The summed E-state index contributed by atoms with van der Waals surface area (Å²) in [6, 6.07) is 28.9. The number of nitrogens with zero attached hydrogens (tertiary/aromatic N) is 3. The van der Waals surface area contributed by atoms with E-state index in [1.54, 1.807) is 19.2 Å². The van der Waals surface area contributed by atoms with Crippen LogP contribution in [0.3, 0.4) is 0 Å². The SMILES string of the molecule is COc1cccc(C(=O)N2CC3C(c4ccccc4)C3(c3cc4cnn(-c5ccc(F)cc5)c4cc3C)C2)c1. The van der Waals surface area contributed by atoms with Gasteiger partial charge in [0.1, 0.15) is 11.6 Å². The van der Waals surface area contributed by atoms with Crippen molar-refractivity contribution in [3.63, 3.8) is 0 Å². The molecule has 3 atom stereocenters. The third-order valence-electron chi connectivity index (χ3n) is 8.63. The Hall–Kier alpha value is -4.45. The molecule has 7 rings (SSSR count). The predicted molar refractivity (Wildman–Crippen MR) is 149 cm³/mol. The zero-order valence-electron chi connectivity index (χ0n) is 21.8. The Morgan fingerprint density at radius 1 is 1.00 bits per heavy atom. The molecule has 2 aliphatic rings. The number of fused-ring (bicyclic) bond motifs is 2. The van der Waals surface area contributed by atoms with Gasteiger partial charge in [-0.05, 0) is 84.1 Å². The molecule has 1 amide bonds. The summed E-state index contributed by atoms with van der Waals surface area (Å²) in [4.78, 5) is 15.6. The van der Waals surface area contributed by atoms with E-state index in [9.17, 15) is 9.18 Å². The summed E-state index contributed by atoms with van der Waals surface area (Å²) in [6.07, 6.45) is 1.88. The van der Waals surface area contributed by atoms with Gasteiger partial charge < -0.3 is 9.64 Å². The fourth-order valence-corrected chi connectivity index (χ4v) is 6.82. The Kier molecular flexibility index (Phi) is 5.34. The van der Waals surface area contributed by atoms with E-state index in [1.807, 2.05) is 46.1 Å². The van der Waals surface area contributed by atoms with Crippen LogP contribution in [0.15, 0.2) is 97.2 Å². The molecule has 5 nitrogen and oxygen atoms in total. The van der Waals surface area contributed by atoms with Crippen LogP contribution in [0.5, 0.6) is 5.75 Å². The maximum Gasteiger partial charge on any atom is 0.254 e. The highest BCUT2D eigenvalue weighted by molar-refractivity contribution is 5.95. The lowest BCUT2D eigenvalue weighted by atomic mass is 9.86. The fourth-order valence-electron chi connectivity index (χ4n) is 6.82. The number of aryl methyl sites for hydroxylation is 1. The third kappa shape index (κ3) is 3.66. The van der Waals surface area contributed by atoms with Crippen molar-refractivity contribution in [2.75, 3.05) is 20.2 Å². The largest absolute Gasteiger partial charge is 0.497 e. The number of amides is 1. The summed E-state index contributed by atoms with van der Waals surface area (Å²) in [5.74, 6) is 1.12. The van der Waals surface area contributed by atoms with Gasteiger partial charge >= 0.3 is 0 Å². The number of methoxy groups -OCH3 is 1. The van der Waals surface area contributed by atoms with Crippen molar-refractivity contribution in [3.05, 3.63) is 125 Å². The summed E-state index contributed by atoms with van der Waals surface area (Å²) in [5, 5.41) is 5.67. The van der Waals surface area contributed by atoms with Gasteiger partial charge in [-0.3, -0.25) is 4.79 Å². The fraction of sp³-hybridized carbons (Fsp3) is 0.212. The van der Waals surface area contributed by atoms with Gasteiger partial charge in [-0.2, -0.15) is 5.10 Å². The first-order valence-electron chi connectivity index (χ1n) is 13.2. The quantitative estimate of drug-likeness (QED) is 0.275. The molecule has 0 bridgehead atoms. The number of carbonyl (C=O) groups is 1. The third-order valence-corrected chi connectivity index (χ3v) is 8.63. The lowest BCUT2D eigenvalue weighted by molar-refractivity contribution is 0.0768. The van der Waals surface area contributed by atoms with Gasteiger partial charge in [0.2, 0.25) is 0 Å². The average Bonchev–Trinajstić information content (AvgIpc) is 3.23. The van der Waals surface area contributed by atoms with Gasteiger partial charge in [-0.1, -0.05) is 36.4 Å². The van der Waals surface area contributed by atoms with E-state index in [2.05, 4.69) is 48.4 Å². The molecule has 2 heterocycles. The van der Waals surface area contributed by atoms with E-state index >= 15 is 0 Å². The van der Waals surface area contributed by atoms with Crippen LogP contribution in [-0.2, 0) is 5.41 Å². The summed E-state index contributed by atoms with van der Waals surface area (Å²) >= 11 is 0. The summed E-state index contributed by atoms with van der Waals surface area (Å²) in [6.45, 7) is 3.52. The van der Waals surface area contributed by atoms with Gasteiger partial charge in [0.15, 0.2) is 0 Å². The number of ether oxygens (including phenoxy) is 1. The van der Waals surface area contributed by atoms with E-state index in [1.165, 1.54) is 28.8 Å². The first-order valence-corrected chi connectivity index (χ1v) is 13.2. The Morgan fingerprint density at radius 3 is 2.56 bits per heavy atom. The maximum absolute atomic E-state index is 13.6. The lowest BCUT2D eigenvalue weighted by Gasteiger charge is -2.26. The van der Waals surface area contributed by atoms with Crippen LogP contribution in [0.25, 0.3) is 16.6 Å². The minimum Gasteiger partial charge on any atom is -0.497 e. The zero-order chi connectivity index (χ0) is 26.7. The number of hydrogen-bond donors (Lipinski definition) is 0. The smallest absolute Gasteiger partial charge is 0.254 e. The molecular formula is C33H28FN3O2. The molecule has 4 aromatic carbocycles. The van der Waals surface area contributed by atoms with Crippen LogP contribution in [0.1, 0.15) is 33.0 Å². The highest BCUT2D eigenvalue weighted by Crippen LogP contribution is 2.70. The van der Waals surface area contributed by atoms with Crippen molar-refractivity contribution in [2.45, 2.75) is 18.3 Å².